The van der Waals surface area contributed by atoms with Gasteiger partial charge in [-0.2, -0.15) is 0 Å². The zero-order valence-corrected chi connectivity index (χ0v) is 9.64. The summed E-state index contributed by atoms with van der Waals surface area (Å²) in [6.45, 7) is 0. The van der Waals surface area contributed by atoms with Crippen molar-refractivity contribution in [1.82, 2.24) is 9.55 Å². The van der Waals surface area contributed by atoms with Crippen molar-refractivity contribution in [2.24, 2.45) is 7.05 Å². The van der Waals surface area contributed by atoms with Crippen molar-refractivity contribution in [3.8, 4) is 0 Å². The molecule has 0 atom stereocenters. The zero-order valence-electron chi connectivity index (χ0n) is 9.64. The molecule has 0 aliphatic rings. The van der Waals surface area contributed by atoms with Gasteiger partial charge in [0.1, 0.15) is 0 Å². The molecule has 1 aromatic heterocycles. The van der Waals surface area contributed by atoms with E-state index < -0.39 is 0 Å². The number of aromatic nitrogens is 2. The van der Waals surface area contributed by atoms with Crippen LogP contribution in [0.2, 0.25) is 0 Å². The highest BCUT2D eigenvalue weighted by Gasteiger charge is 2.01. The van der Waals surface area contributed by atoms with Gasteiger partial charge < -0.3 is 4.98 Å². The lowest BCUT2D eigenvalue weighted by atomic mass is 10.1. The fourth-order valence-electron chi connectivity index (χ4n) is 1.66. The second-order valence-electron chi connectivity index (χ2n) is 3.98. The van der Waals surface area contributed by atoms with E-state index in [1.807, 2.05) is 30.3 Å². The third-order valence-electron chi connectivity index (χ3n) is 2.73. The number of nitrogens with zero attached hydrogens (tertiary/aromatic N) is 1. The van der Waals surface area contributed by atoms with Gasteiger partial charge in [0, 0.05) is 18.8 Å². The van der Waals surface area contributed by atoms with E-state index in [9.17, 15) is 9.59 Å². The van der Waals surface area contributed by atoms with Gasteiger partial charge in [0.2, 0.25) is 0 Å². The molecular weight excluding hydrogens is 216 g/mol. The molecule has 0 radical (unpaired) electrons. The van der Waals surface area contributed by atoms with Crippen LogP contribution in [-0.2, 0) is 19.9 Å². The van der Waals surface area contributed by atoms with Crippen LogP contribution in [0.1, 0.15) is 11.3 Å². The summed E-state index contributed by atoms with van der Waals surface area (Å²) in [7, 11) is 1.46. The Kier molecular flexibility index (Phi) is 3.23. The summed E-state index contributed by atoms with van der Waals surface area (Å²) in [6.07, 6.45) is 1.47. The summed E-state index contributed by atoms with van der Waals surface area (Å²) in [5.41, 5.74) is 1.24. The Morgan fingerprint density at radius 1 is 1.12 bits per heavy atom. The first-order valence-electron chi connectivity index (χ1n) is 5.50. The molecule has 4 heteroatoms. The lowest BCUT2D eigenvalue weighted by Crippen LogP contribution is -2.33. The highest BCUT2D eigenvalue weighted by molar-refractivity contribution is 5.16. The third kappa shape index (κ3) is 2.72. The van der Waals surface area contributed by atoms with Crippen LogP contribution < -0.4 is 11.2 Å². The first kappa shape index (κ1) is 11.4. The molecule has 2 aromatic rings. The lowest BCUT2D eigenvalue weighted by molar-refractivity contribution is 0.746. The number of benzene rings is 1. The summed E-state index contributed by atoms with van der Waals surface area (Å²) in [5, 5.41) is 0. The summed E-state index contributed by atoms with van der Waals surface area (Å²) in [5.74, 6) is 0. The SMILES string of the molecule is Cn1c(=O)cc(CCc2ccccc2)[nH]c1=O. The van der Waals surface area contributed by atoms with E-state index in [0.29, 0.717) is 12.1 Å². The average Bonchev–Trinajstić information content (AvgIpc) is 2.34. The van der Waals surface area contributed by atoms with Gasteiger partial charge in [0.05, 0.1) is 0 Å². The first-order valence-corrected chi connectivity index (χ1v) is 5.50. The Balaban J connectivity index is 2.16. The Morgan fingerprint density at radius 2 is 1.82 bits per heavy atom. The Morgan fingerprint density at radius 3 is 2.47 bits per heavy atom. The number of aromatic amines is 1. The van der Waals surface area contributed by atoms with Crippen molar-refractivity contribution in [1.29, 1.82) is 0 Å². The molecule has 88 valence electrons. The standard InChI is InChI=1S/C13H14N2O2/c1-15-12(16)9-11(14-13(15)17)8-7-10-5-3-2-4-6-10/h2-6,9H,7-8H2,1H3,(H,14,17). The highest BCUT2D eigenvalue weighted by Crippen LogP contribution is 2.02. The number of hydrogen-bond donors (Lipinski definition) is 1. The first-order chi connectivity index (χ1) is 8.16. The molecule has 0 unspecified atom stereocenters. The van der Waals surface area contributed by atoms with E-state index in [4.69, 9.17) is 0 Å². The van der Waals surface area contributed by atoms with Crippen molar-refractivity contribution in [3.63, 3.8) is 0 Å². The number of hydrogen-bond acceptors (Lipinski definition) is 2. The molecule has 1 heterocycles. The molecule has 4 nitrogen and oxygen atoms in total. The zero-order chi connectivity index (χ0) is 12.3. The smallest absolute Gasteiger partial charge is 0.311 e. The van der Waals surface area contributed by atoms with E-state index in [-0.39, 0.29) is 11.2 Å². The lowest BCUT2D eigenvalue weighted by Gasteiger charge is -2.02. The molecule has 1 N–H and O–H groups in total. The van der Waals surface area contributed by atoms with Gasteiger partial charge in [-0.05, 0) is 18.4 Å². The number of H-pyrrole nitrogens is 1. The molecule has 0 bridgehead atoms. The molecule has 2 rings (SSSR count). The van der Waals surface area contributed by atoms with Crippen LogP contribution in [0.5, 0.6) is 0 Å². The average molecular weight is 230 g/mol. The normalized spacial score (nSPS) is 10.4. The fraction of sp³-hybridized carbons (Fsp3) is 0.231. The number of rotatable bonds is 3. The maximum atomic E-state index is 11.4. The Hall–Kier alpha value is -2.10. The van der Waals surface area contributed by atoms with E-state index in [1.165, 1.54) is 18.7 Å². The monoisotopic (exact) mass is 230 g/mol. The second-order valence-corrected chi connectivity index (χ2v) is 3.98. The molecule has 17 heavy (non-hydrogen) atoms. The van der Waals surface area contributed by atoms with Crippen molar-refractivity contribution < 1.29 is 0 Å². The molecule has 0 fully saturated rings. The number of aryl methyl sites for hydroxylation is 2. The van der Waals surface area contributed by atoms with Crippen LogP contribution in [0.25, 0.3) is 0 Å². The number of nitrogens with one attached hydrogen (secondary N) is 1. The van der Waals surface area contributed by atoms with Crippen LogP contribution in [0.3, 0.4) is 0 Å². The molecule has 1 aromatic carbocycles. The summed E-state index contributed by atoms with van der Waals surface area (Å²) < 4.78 is 1.06. The maximum absolute atomic E-state index is 11.4. The van der Waals surface area contributed by atoms with Crippen LogP contribution in [0.15, 0.2) is 46.0 Å². The van der Waals surface area contributed by atoms with Crippen molar-refractivity contribution >= 4 is 0 Å². The predicted octanol–water partition coefficient (Wildman–Crippen LogP) is 0.859. The van der Waals surface area contributed by atoms with Gasteiger partial charge >= 0.3 is 5.69 Å². The maximum Gasteiger partial charge on any atom is 0.328 e. The van der Waals surface area contributed by atoms with Crippen molar-refractivity contribution in [3.05, 3.63) is 68.5 Å². The van der Waals surface area contributed by atoms with Gasteiger partial charge in [0.25, 0.3) is 5.56 Å². The van der Waals surface area contributed by atoms with Crippen molar-refractivity contribution in [2.75, 3.05) is 0 Å². The van der Waals surface area contributed by atoms with Gasteiger partial charge in [-0.3, -0.25) is 9.36 Å². The minimum Gasteiger partial charge on any atom is -0.311 e. The fourth-order valence-corrected chi connectivity index (χ4v) is 1.66. The van der Waals surface area contributed by atoms with E-state index >= 15 is 0 Å². The molecule has 0 spiro atoms. The van der Waals surface area contributed by atoms with Gasteiger partial charge in [-0.25, -0.2) is 4.79 Å². The largest absolute Gasteiger partial charge is 0.328 e. The molecule has 0 amide bonds. The van der Waals surface area contributed by atoms with Gasteiger partial charge in [0.15, 0.2) is 0 Å². The third-order valence-corrected chi connectivity index (χ3v) is 2.73. The molecule has 0 saturated heterocycles. The van der Waals surface area contributed by atoms with E-state index in [1.54, 1.807) is 0 Å². The Labute approximate surface area is 98.6 Å². The molecule has 0 saturated carbocycles. The molecular formula is C13H14N2O2. The summed E-state index contributed by atoms with van der Waals surface area (Å²) in [6, 6.07) is 11.4. The van der Waals surface area contributed by atoms with E-state index in [2.05, 4.69) is 4.98 Å². The van der Waals surface area contributed by atoms with Gasteiger partial charge in [-0.1, -0.05) is 30.3 Å². The summed E-state index contributed by atoms with van der Waals surface area (Å²) >= 11 is 0. The quantitative estimate of drug-likeness (QED) is 0.850. The van der Waals surface area contributed by atoms with Crippen LogP contribution in [-0.4, -0.2) is 9.55 Å². The van der Waals surface area contributed by atoms with Crippen LogP contribution in [0, 0.1) is 0 Å². The van der Waals surface area contributed by atoms with Crippen molar-refractivity contribution in [2.45, 2.75) is 12.8 Å². The predicted molar refractivity (Wildman–Crippen MR) is 66.2 cm³/mol. The second kappa shape index (κ2) is 4.82. The highest BCUT2D eigenvalue weighted by atomic mass is 16.2. The molecule has 0 aliphatic carbocycles. The van der Waals surface area contributed by atoms with E-state index in [0.717, 1.165) is 11.0 Å². The Bertz CT molecular complexity index is 580. The van der Waals surface area contributed by atoms with Crippen LogP contribution >= 0.6 is 0 Å². The van der Waals surface area contributed by atoms with Crippen LogP contribution in [0.4, 0.5) is 0 Å². The minimum atomic E-state index is -0.361. The topological polar surface area (TPSA) is 54.9 Å². The molecule has 0 aliphatic heterocycles. The van der Waals surface area contributed by atoms with Gasteiger partial charge in [-0.15, -0.1) is 0 Å². The minimum absolute atomic E-state index is 0.267. The summed E-state index contributed by atoms with van der Waals surface area (Å²) in [4.78, 5) is 25.5.